The molecule has 204 valence electrons. The van der Waals surface area contributed by atoms with Crippen molar-refractivity contribution in [1.29, 1.82) is 0 Å². The molecule has 0 bridgehead atoms. The van der Waals surface area contributed by atoms with Gasteiger partial charge in [-0.3, -0.25) is 19.0 Å². The average molecular weight is 593 g/mol. The third-order valence-corrected chi connectivity index (χ3v) is 7.97. The summed E-state index contributed by atoms with van der Waals surface area (Å²) in [5.41, 5.74) is -0.253. The molecule has 0 unspecified atom stereocenters. The standard InChI is InChI=1S/C25H22Cl2N4O7S/c1-15-23(24(33)31(30(15)2)17-7-4-3-5-8-17)29-39(35,36)20-12-16(11-19(26)22(20)27)25(34)38-14-21(32)28-13-18-9-6-10-37-18/h3-12,29H,13-14H2,1-2H3,(H,28,32). The van der Waals surface area contributed by atoms with Gasteiger partial charge in [-0.05, 0) is 43.3 Å². The van der Waals surface area contributed by atoms with Gasteiger partial charge in [0, 0.05) is 7.05 Å². The minimum atomic E-state index is -4.51. The van der Waals surface area contributed by atoms with E-state index >= 15 is 0 Å². The maximum Gasteiger partial charge on any atom is 0.338 e. The molecule has 14 heteroatoms. The van der Waals surface area contributed by atoms with Crippen LogP contribution in [0, 0.1) is 6.92 Å². The molecule has 2 heterocycles. The highest BCUT2D eigenvalue weighted by Crippen LogP contribution is 2.32. The number of nitrogens with one attached hydrogen (secondary N) is 2. The van der Waals surface area contributed by atoms with Crippen molar-refractivity contribution < 1.29 is 27.2 Å². The van der Waals surface area contributed by atoms with Crippen LogP contribution in [0.5, 0.6) is 0 Å². The van der Waals surface area contributed by atoms with Crippen LogP contribution in [0.3, 0.4) is 0 Å². The second kappa shape index (κ2) is 11.4. The van der Waals surface area contributed by atoms with Crippen molar-refractivity contribution >= 4 is 50.8 Å². The van der Waals surface area contributed by atoms with Crippen LogP contribution in [0.25, 0.3) is 5.69 Å². The van der Waals surface area contributed by atoms with Gasteiger partial charge in [-0.15, -0.1) is 0 Å². The summed E-state index contributed by atoms with van der Waals surface area (Å²) < 4.78 is 41.8. The quantitative estimate of drug-likeness (QED) is 0.282. The summed E-state index contributed by atoms with van der Waals surface area (Å²) in [6.45, 7) is 1.02. The predicted octanol–water partition coefficient (Wildman–Crippen LogP) is 3.66. The zero-order chi connectivity index (χ0) is 28.3. The monoisotopic (exact) mass is 592 g/mol. The number of carbonyl (C=O) groups excluding carboxylic acids is 2. The number of benzene rings is 2. The first kappa shape index (κ1) is 28.0. The highest BCUT2D eigenvalue weighted by Gasteiger charge is 2.27. The molecule has 0 fully saturated rings. The van der Waals surface area contributed by atoms with Crippen molar-refractivity contribution in [2.24, 2.45) is 7.05 Å². The van der Waals surface area contributed by atoms with Gasteiger partial charge >= 0.3 is 5.97 Å². The number of sulfonamides is 1. The molecule has 0 aliphatic heterocycles. The van der Waals surface area contributed by atoms with E-state index < -0.39 is 39.0 Å². The second-order valence-corrected chi connectivity index (χ2v) is 10.7. The van der Waals surface area contributed by atoms with Gasteiger partial charge < -0.3 is 14.5 Å². The van der Waals surface area contributed by atoms with Crippen LogP contribution < -0.4 is 15.6 Å². The number of rotatable bonds is 9. The largest absolute Gasteiger partial charge is 0.467 e. The summed E-state index contributed by atoms with van der Waals surface area (Å²) in [5.74, 6) is -1.12. The molecule has 4 rings (SSSR count). The summed E-state index contributed by atoms with van der Waals surface area (Å²) in [5, 5.41) is 1.89. The number of anilines is 1. The van der Waals surface area contributed by atoms with Crippen molar-refractivity contribution in [2.75, 3.05) is 11.3 Å². The first-order valence-electron chi connectivity index (χ1n) is 11.3. The third kappa shape index (κ3) is 6.03. The first-order valence-corrected chi connectivity index (χ1v) is 13.6. The van der Waals surface area contributed by atoms with Gasteiger partial charge in [0.1, 0.15) is 16.3 Å². The topological polar surface area (TPSA) is 142 Å². The van der Waals surface area contributed by atoms with Crippen molar-refractivity contribution in [3.63, 3.8) is 0 Å². The van der Waals surface area contributed by atoms with Gasteiger partial charge in [-0.1, -0.05) is 41.4 Å². The average Bonchev–Trinajstić information content (AvgIpc) is 3.50. The molecular formula is C25H22Cl2N4O7S. The molecule has 0 aliphatic rings. The van der Waals surface area contributed by atoms with Gasteiger partial charge in [0.2, 0.25) is 0 Å². The van der Waals surface area contributed by atoms with E-state index in [1.807, 2.05) is 0 Å². The Kier molecular flexibility index (Phi) is 8.19. The fourth-order valence-corrected chi connectivity index (χ4v) is 5.55. The highest BCUT2D eigenvalue weighted by atomic mass is 35.5. The molecule has 2 aromatic carbocycles. The molecule has 2 aromatic heterocycles. The first-order chi connectivity index (χ1) is 18.5. The van der Waals surface area contributed by atoms with Crippen molar-refractivity contribution in [1.82, 2.24) is 14.7 Å². The summed E-state index contributed by atoms with van der Waals surface area (Å²) in [6, 6.07) is 14.0. The van der Waals surface area contributed by atoms with E-state index in [0.29, 0.717) is 17.1 Å². The Labute approximate surface area is 232 Å². The maximum absolute atomic E-state index is 13.3. The Morgan fingerprint density at radius 2 is 1.79 bits per heavy atom. The van der Waals surface area contributed by atoms with E-state index in [4.69, 9.17) is 32.4 Å². The number of furan rings is 1. The number of hydrogen-bond acceptors (Lipinski definition) is 7. The van der Waals surface area contributed by atoms with Crippen LogP contribution in [-0.2, 0) is 33.1 Å². The number of aromatic nitrogens is 2. The van der Waals surface area contributed by atoms with Crippen LogP contribution in [0.4, 0.5) is 5.69 Å². The Balaban J connectivity index is 1.56. The molecule has 0 aliphatic carbocycles. The van der Waals surface area contributed by atoms with E-state index in [-0.39, 0.29) is 27.8 Å². The van der Waals surface area contributed by atoms with E-state index in [1.54, 1.807) is 56.4 Å². The van der Waals surface area contributed by atoms with Crippen molar-refractivity contribution in [2.45, 2.75) is 18.4 Å². The zero-order valence-electron chi connectivity index (χ0n) is 20.6. The van der Waals surface area contributed by atoms with Gasteiger partial charge in [-0.25, -0.2) is 17.9 Å². The third-order valence-electron chi connectivity index (χ3n) is 5.68. The predicted molar refractivity (Wildman–Crippen MR) is 144 cm³/mol. The smallest absolute Gasteiger partial charge is 0.338 e. The maximum atomic E-state index is 13.3. The lowest BCUT2D eigenvalue weighted by molar-refractivity contribution is -0.124. The number of ether oxygens (including phenoxy) is 1. The number of amides is 1. The van der Waals surface area contributed by atoms with Gasteiger partial charge in [0.05, 0.1) is 39.8 Å². The number of esters is 1. The summed E-state index contributed by atoms with van der Waals surface area (Å²) in [4.78, 5) is 37.2. The van der Waals surface area contributed by atoms with Crippen LogP contribution in [0.2, 0.25) is 10.0 Å². The van der Waals surface area contributed by atoms with Gasteiger partial charge in [0.15, 0.2) is 6.61 Å². The molecule has 0 saturated heterocycles. The van der Waals surface area contributed by atoms with E-state index in [2.05, 4.69) is 10.0 Å². The Morgan fingerprint density at radius 3 is 2.46 bits per heavy atom. The minimum absolute atomic E-state index is 0.0924. The number of nitrogens with zero attached hydrogens (tertiary/aromatic N) is 2. The lowest BCUT2D eigenvalue weighted by Crippen LogP contribution is -2.28. The number of para-hydroxylation sites is 1. The van der Waals surface area contributed by atoms with E-state index in [9.17, 15) is 22.8 Å². The van der Waals surface area contributed by atoms with E-state index in [1.165, 1.54) is 15.6 Å². The Morgan fingerprint density at radius 1 is 1.08 bits per heavy atom. The summed E-state index contributed by atoms with van der Waals surface area (Å²) in [7, 11) is -2.90. The van der Waals surface area contributed by atoms with Crippen LogP contribution in [-0.4, -0.2) is 36.3 Å². The van der Waals surface area contributed by atoms with Gasteiger partial charge in [-0.2, -0.15) is 0 Å². The fraction of sp³-hybridized carbons (Fsp3) is 0.160. The summed E-state index contributed by atoms with van der Waals surface area (Å²) >= 11 is 12.3. The Bertz CT molecular complexity index is 1700. The van der Waals surface area contributed by atoms with Crippen LogP contribution in [0.1, 0.15) is 21.8 Å². The van der Waals surface area contributed by atoms with Crippen LogP contribution in [0.15, 0.2) is 75.0 Å². The molecule has 0 spiro atoms. The highest BCUT2D eigenvalue weighted by molar-refractivity contribution is 7.92. The minimum Gasteiger partial charge on any atom is -0.467 e. The van der Waals surface area contributed by atoms with Gasteiger partial charge in [0.25, 0.3) is 21.5 Å². The molecule has 11 nitrogen and oxygen atoms in total. The fourth-order valence-electron chi connectivity index (χ4n) is 3.62. The molecule has 0 atom stereocenters. The van der Waals surface area contributed by atoms with Crippen molar-refractivity contribution in [3.05, 3.63) is 98.3 Å². The lowest BCUT2D eigenvalue weighted by atomic mass is 10.2. The lowest BCUT2D eigenvalue weighted by Gasteiger charge is -2.12. The SMILES string of the molecule is Cc1c(NS(=O)(=O)c2cc(C(=O)OCC(=O)NCc3ccco3)cc(Cl)c2Cl)c(=O)n(-c2ccccc2)n1C. The Hall–Kier alpha value is -4.00. The molecule has 4 aromatic rings. The molecule has 1 amide bonds. The van der Waals surface area contributed by atoms with Crippen molar-refractivity contribution in [3.8, 4) is 5.69 Å². The molecule has 0 saturated carbocycles. The zero-order valence-corrected chi connectivity index (χ0v) is 22.9. The number of halogens is 2. The summed E-state index contributed by atoms with van der Waals surface area (Å²) in [6.07, 6.45) is 1.45. The van der Waals surface area contributed by atoms with E-state index in [0.717, 1.165) is 12.1 Å². The molecule has 0 radical (unpaired) electrons. The number of hydrogen-bond donors (Lipinski definition) is 2. The molecule has 2 N–H and O–H groups in total. The second-order valence-electron chi connectivity index (χ2n) is 8.24. The number of carbonyl (C=O) groups is 2. The molecular weight excluding hydrogens is 571 g/mol. The molecule has 39 heavy (non-hydrogen) atoms. The normalized spacial score (nSPS) is 11.3. The van der Waals surface area contributed by atoms with Crippen LogP contribution >= 0.6 is 23.2 Å².